The number of sulfonamides is 1. The van der Waals surface area contributed by atoms with E-state index >= 15 is 0 Å². The van der Waals surface area contributed by atoms with Crippen LogP contribution in [0.1, 0.15) is 36.3 Å². The highest BCUT2D eigenvalue weighted by molar-refractivity contribution is 7.89. The zero-order chi connectivity index (χ0) is 21.1. The second kappa shape index (κ2) is 8.57. The monoisotopic (exact) mass is 426 g/mol. The summed E-state index contributed by atoms with van der Waals surface area (Å²) in [7, 11) is -3.48. The molecular weight excluding hydrogens is 400 g/mol. The second-order valence-electron chi connectivity index (χ2n) is 7.67. The maximum atomic E-state index is 13.0. The molecule has 3 aromatic rings. The number of piperidine rings is 1. The van der Waals surface area contributed by atoms with Crippen LogP contribution >= 0.6 is 0 Å². The average molecular weight is 427 g/mol. The lowest BCUT2D eigenvalue weighted by Gasteiger charge is -2.26. The number of benzene rings is 2. The molecule has 4 rings (SSSR count). The van der Waals surface area contributed by atoms with Gasteiger partial charge in [-0.3, -0.25) is 0 Å². The standard InChI is InChI=1S/C22H26N4O3S/c1-16-6-9-18(10-7-16)22-24-21(29-25-22)15-23-20-14-19(11-8-17(20)2)30(27,28)26-12-4-3-5-13-26/h6-11,14,23H,3-5,12-13,15H2,1-2H3. The van der Waals surface area contributed by atoms with E-state index in [9.17, 15) is 8.42 Å². The third-order valence-corrected chi connectivity index (χ3v) is 7.26. The highest BCUT2D eigenvalue weighted by Crippen LogP contribution is 2.25. The molecule has 0 spiro atoms. The molecule has 1 aromatic heterocycles. The lowest BCUT2D eigenvalue weighted by atomic mass is 10.1. The fraction of sp³-hybridized carbons (Fsp3) is 0.364. The van der Waals surface area contributed by atoms with E-state index in [0.717, 1.165) is 36.1 Å². The van der Waals surface area contributed by atoms with Crippen LogP contribution in [0, 0.1) is 13.8 Å². The minimum Gasteiger partial charge on any atom is -0.376 e. The van der Waals surface area contributed by atoms with E-state index < -0.39 is 10.0 Å². The molecule has 1 fully saturated rings. The van der Waals surface area contributed by atoms with E-state index in [1.807, 2.05) is 44.2 Å². The molecular formula is C22H26N4O3S. The van der Waals surface area contributed by atoms with Crippen LogP contribution in [0.2, 0.25) is 0 Å². The molecule has 1 saturated heterocycles. The van der Waals surface area contributed by atoms with Crippen LogP contribution in [-0.2, 0) is 16.6 Å². The number of hydrogen-bond acceptors (Lipinski definition) is 6. The van der Waals surface area contributed by atoms with Crippen molar-refractivity contribution in [2.24, 2.45) is 0 Å². The summed E-state index contributed by atoms with van der Waals surface area (Å²) in [5, 5.41) is 7.28. The highest BCUT2D eigenvalue weighted by atomic mass is 32.2. The Balaban J connectivity index is 1.49. The number of anilines is 1. The van der Waals surface area contributed by atoms with Crippen LogP contribution in [0.5, 0.6) is 0 Å². The first-order valence-electron chi connectivity index (χ1n) is 10.2. The van der Waals surface area contributed by atoms with E-state index in [2.05, 4.69) is 15.5 Å². The quantitative estimate of drug-likeness (QED) is 0.637. The Kier molecular flexibility index (Phi) is 5.87. The Labute approximate surface area is 177 Å². The molecule has 30 heavy (non-hydrogen) atoms. The first kappa shape index (κ1) is 20.6. The number of nitrogens with zero attached hydrogens (tertiary/aromatic N) is 3. The molecule has 0 aliphatic carbocycles. The maximum absolute atomic E-state index is 13.0. The number of nitrogens with one attached hydrogen (secondary N) is 1. The number of aromatic nitrogens is 2. The van der Waals surface area contributed by atoms with E-state index in [0.29, 0.717) is 36.2 Å². The highest BCUT2D eigenvalue weighted by Gasteiger charge is 2.26. The van der Waals surface area contributed by atoms with Crippen molar-refractivity contribution < 1.29 is 12.9 Å². The molecule has 2 aromatic carbocycles. The summed E-state index contributed by atoms with van der Waals surface area (Å²) in [4.78, 5) is 4.74. The Morgan fingerprint density at radius 1 is 1.03 bits per heavy atom. The SMILES string of the molecule is Cc1ccc(-c2noc(CNc3cc(S(=O)(=O)N4CCCCC4)ccc3C)n2)cc1. The van der Waals surface area contributed by atoms with Gasteiger partial charge in [0.25, 0.3) is 0 Å². The summed E-state index contributed by atoms with van der Waals surface area (Å²) in [6, 6.07) is 13.1. The molecule has 1 N–H and O–H groups in total. The van der Waals surface area contributed by atoms with Crippen LogP contribution in [0.15, 0.2) is 51.9 Å². The molecule has 0 saturated carbocycles. The smallest absolute Gasteiger partial charge is 0.246 e. The van der Waals surface area contributed by atoms with Crippen molar-refractivity contribution in [3.63, 3.8) is 0 Å². The number of hydrogen-bond donors (Lipinski definition) is 1. The van der Waals surface area contributed by atoms with E-state index in [1.165, 1.54) is 5.56 Å². The number of rotatable bonds is 6. The third-order valence-electron chi connectivity index (χ3n) is 5.37. The van der Waals surface area contributed by atoms with Gasteiger partial charge in [0, 0.05) is 24.3 Å². The van der Waals surface area contributed by atoms with Gasteiger partial charge in [0.1, 0.15) is 0 Å². The van der Waals surface area contributed by atoms with Crippen molar-refractivity contribution in [3.8, 4) is 11.4 Å². The zero-order valence-corrected chi connectivity index (χ0v) is 18.1. The summed E-state index contributed by atoms with van der Waals surface area (Å²) < 4.78 is 32.9. The molecule has 1 aliphatic rings. The van der Waals surface area contributed by atoms with Gasteiger partial charge in [-0.05, 0) is 44.4 Å². The first-order valence-corrected chi connectivity index (χ1v) is 11.6. The summed E-state index contributed by atoms with van der Waals surface area (Å²) in [6.07, 6.45) is 2.91. The van der Waals surface area contributed by atoms with Crippen molar-refractivity contribution >= 4 is 15.7 Å². The maximum Gasteiger partial charge on any atom is 0.246 e. The fourth-order valence-electron chi connectivity index (χ4n) is 3.52. The van der Waals surface area contributed by atoms with Crippen LogP contribution in [-0.4, -0.2) is 36.0 Å². The van der Waals surface area contributed by atoms with Crippen LogP contribution in [0.3, 0.4) is 0 Å². The fourth-order valence-corrected chi connectivity index (χ4v) is 5.07. The Morgan fingerprint density at radius 3 is 2.50 bits per heavy atom. The predicted molar refractivity (Wildman–Crippen MR) is 116 cm³/mol. The van der Waals surface area contributed by atoms with E-state index in [1.54, 1.807) is 16.4 Å². The zero-order valence-electron chi connectivity index (χ0n) is 17.3. The van der Waals surface area contributed by atoms with Gasteiger partial charge in [0.15, 0.2) is 0 Å². The minimum absolute atomic E-state index is 0.309. The van der Waals surface area contributed by atoms with E-state index in [-0.39, 0.29) is 0 Å². The Bertz CT molecular complexity index is 1120. The van der Waals surface area contributed by atoms with Crippen LogP contribution in [0.4, 0.5) is 5.69 Å². The largest absolute Gasteiger partial charge is 0.376 e. The van der Waals surface area contributed by atoms with Crippen molar-refractivity contribution in [1.29, 1.82) is 0 Å². The molecule has 8 heteroatoms. The molecule has 2 heterocycles. The molecule has 0 unspecified atom stereocenters. The van der Waals surface area contributed by atoms with Crippen LogP contribution in [0.25, 0.3) is 11.4 Å². The Morgan fingerprint density at radius 2 is 1.77 bits per heavy atom. The second-order valence-corrected chi connectivity index (χ2v) is 9.61. The van der Waals surface area contributed by atoms with Gasteiger partial charge in [-0.25, -0.2) is 8.42 Å². The van der Waals surface area contributed by atoms with Gasteiger partial charge in [0.05, 0.1) is 11.4 Å². The van der Waals surface area contributed by atoms with Crippen molar-refractivity contribution in [1.82, 2.24) is 14.4 Å². The van der Waals surface area contributed by atoms with Gasteiger partial charge in [0.2, 0.25) is 21.7 Å². The normalized spacial score (nSPS) is 15.3. The van der Waals surface area contributed by atoms with Gasteiger partial charge in [-0.15, -0.1) is 0 Å². The van der Waals surface area contributed by atoms with Crippen LogP contribution < -0.4 is 5.32 Å². The topological polar surface area (TPSA) is 88.3 Å². The van der Waals surface area contributed by atoms with Gasteiger partial charge >= 0.3 is 0 Å². The van der Waals surface area contributed by atoms with Gasteiger partial charge in [-0.2, -0.15) is 9.29 Å². The van der Waals surface area contributed by atoms with Crippen molar-refractivity contribution in [3.05, 3.63) is 59.5 Å². The number of aryl methyl sites for hydroxylation is 2. The molecule has 0 radical (unpaired) electrons. The summed E-state index contributed by atoms with van der Waals surface area (Å²) >= 11 is 0. The molecule has 0 amide bonds. The summed E-state index contributed by atoms with van der Waals surface area (Å²) in [5.74, 6) is 0.971. The Hall–Kier alpha value is -2.71. The molecule has 7 nitrogen and oxygen atoms in total. The summed E-state index contributed by atoms with van der Waals surface area (Å²) in [5.41, 5.74) is 3.74. The molecule has 0 atom stereocenters. The molecule has 1 aliphatic heterocycles. The lowest BCUT2D eigenvalue weighted by molar-refractivity contribution is 0.346. The average Bonchev–Trinajstić information content (AvgIpc) is 3.23. The van der Waals surface area contributed by atoms with Crippen molar-refractivity contribution in [2.45, 2.75) is 44.6 Å². The van der Waals surface area contributed by atoms with Gasteiger partial charge in [-0.1, -0.05) is 47.5 Å². The van der Waals surface area contributed by atoms with Gasteiger partial charge < -0.3 is 9.84 Å². The minimum atomic E-state index is -3.48. The molecule has 0 bridgehead atoms. The molecule has 158 valence electrons. The first-order chi connectivity index (χ1) is 14.4. The summed E-state index contributed by atoms with van der Waals surface area (Å²) in [6.45, 7) is 5.45. The predicted octanol–water partition coefficient (Wildman–Crippen LogP) is 4.14. The van der Waals surface area contributed by atoms with Crippen molar-refractivity contribution in [2.75, 3.05) is 18.4 Å². The van der Waals surface area contributed by atoms with E-state index in [4.69, 9.17) is 4.52 Å². The lowest BCUT2D eigenvalue weighted by Crippen LogP contribution is -2.35. The third kappa shape index (κ3) is 4.39.